The van der Waals surface area contributed by atoms with Crippen molar-refractivity contribution in [2.75, 3.05) is 25.5 Å². The van der Waals surface area contributed by atoms with Crippen molar-refractivity contribution in [3.05, 3.63) is 71.5 Å². The molecular weight excluding hydrogens is 484 g/mol. The number of aromatic nitrogens is 6. The lowest BCUT2D eigenvalue weighted by Crippen LogP contribution is -2.35. The first-order valence-corrected chi connectivity index (χ1v) is 12.5. The van der Waals surface area contributed by atoms with Crippen LogP contribution in [-0.4, -0.2) is 60.4 Å². The number of anilines is 2. The van der Waals surface area contributed by atoms with Gasteiger partial charge in [0.05, 0.1) is 6.54 Å². The van der Waals surface area contributed by atoms with Crippen molar-refractivity contribution in [2.24, 2.45) is 0 Å². The number of aryl methyl sites for hydroxylation is 1. The van der Waals surface area contributed by atoms with E-state index in [1.54, 1.807) is 22.4 Å². The molecule has 0 amide bonds. The lowest BCUT2D eigenvalue weighted by molar-refractivity contribution is 0.110. The number of nitrogens with one attached hydrogen (secondary N) is 1. The third-order valence-electron chi connectivity index (χ3n) is 6.61. The molecule has 0 atom stereocenters. The summed E-state index contributed by atoms with van der Waals surface area (Å²) in [6.45, 7) is 7.88. The van der Waals surface area contributed by atoms with Gasteiger partial charge in [0.25, 0.3) is 5.56 Å². The molecular formula is C27H28N8O3. The summed E-state index contributed by atoms with van der Waals surface area (Å²) >= 11 is 0. The third-order valence-corrected chi connectivity index (χ3v) is 6.61. The maximum Gasteiger partial charge on any atom is 0.278 e. The summed E-state index contributed by atoms with van der Waals surface area (Å²) in [5.41, 5.74) is 2.36. The zero-order valence-electron chi connectivity index (χ0n) is 21.3. The highest BCUT2D eigenvalue weighted by Crippen LogP contribution is 2.24. The molecule has 11 nitrogen and oxygen atoms in total. The van der Waals surface area contributed by atoms with Gasteiger partial charge >= 0.3 is 0 Å². The molecule has 0 unspecified atom stereocenters. The van der Waals surface area contributed by atoms with Crippen molar-refractivity contribution in [1.29, 1.82) is 0 Å². The van der Waals surface area contributed by atoms with E-state index in [9.17, 15) is 4.79 Å². The molecule has 6 rings (SSSR count). The molecule has 0 radical (unpaired) electrons. The second-order valence-electron chi connectivity index (χ2n) is 9.41. The van der Waals surface area contributed by atoms with Crippen molar-refractivity contribution in [3.63, 3.8) is 0 Å². The molecule has 194 valence electrons. The highest BCUT2D eigenvalue weighted by atomic mass is 16.5. The van der Waals surface area contributed by atoms with E-state index in [1.165, 1.54) is 6.20 Å². The second kappa shape index (κ2) is 9.75. The maximum absolute atomic E-state index is 13.3. The van der Waals surface area contributed by atoms with E-state index in [0.29, 0.717) is 40.2 Å². The van der Waals surface area contributed by atoms with E-state index < -0.39 is 0 Å². The van der Waals surface area contributed by atoms with Crippen molar-refractivity contribution >= 4 is 33.8 Å². The van der Waals surface area contributed by atoms with Crippen LogP contribution in [0.4, 0.5) is 11.6 Å². The standard InChI is InChI=1S/C27H28N8O3/c1-4-12-34-26(36)20-16-28-27(30-18-8-9-21-22(15-18)37-17(2)29-21)32-25(20)35(34)23-6-5-7-24(31-23)38-19-10-13-33(3)14-11-19/h4-9,15-16,19H,1,10-14H2,2-3H3,(H,28,30,32). The normalized spacial score (nSPS) is 14.8. The van der Waals surface area contributed by atoms with Crippen LogP contribution < -0.4 is 15.6 Å². The Kier molecular flexibility index (Phi) is 6.12. The molecule has 0 saturated carbocycles. The molecule has 1 aromatic carbocycles. The Labute approximate surface area is 218 Å². The molecule has 0 spiro atoms. The summed E-state index contributed by atoms with van der Waals surface area (Å²) in [7, 11) is 2.11. The van der Waals surface area contributed by atoms with Crippen molar-refractivity contribution in [2.45, 2.75) is 32.4 Å². The minimum absolute atomic E-state index is 0.106. The number of hydrogen-bond acceptors (Lipinski definition) is 9. The Bertz CT molecular complexity index is 1690. The van der Waals surface area contributed by atoms with Gasteiger partial charge in [-0.1, -0.05) is 12.1 Å². The number of nitrogens with zero attached hydrogens (tertiary/aromatic N) is 7. The molecule has 38 heavy (non-hydrogen) atoms. The monoisotopic (exact) mass is 512 g/mol. The first kappa shape index (κ1) is 23.9. The minimum Gasteiger partial charge on any atom is -0.474 e. The summed E-state index contributed by atoms with van der Waals surface area (Å²) in [5, 5.41) is 3.58. The second-order valence-corrected chi connectivity index (χ2v) is 9.41. The molecule has 1 fully saturated rings. The highest BCUT2D eigenvalue weighted by Gasteiger charge is 2.21. The lowest BCUT2D eigenvalue weighted by atomic mass is 10.1. The molecule has 5 heterocycles. The van der Waals surface area contributed by atoms with Gasteiger partial charge in [0, 0.05) is 44.0 Å². The topological polar surface area (TPSA) is 116 Å². The number of ether oxygens (including phenoxy) is 1. The Hall–Kier alpha value is -4.51. The van der Waals surface area contributed by atoms with Gasteiger partial charge in [-0.25, -0.2) is 19.3 Å². The van der Waals surface area contributed by atoms with E-state index in [1.807, 2.05) is 36.4 Å². The SMILES string of the molecule is C=CCn1c(=O)c2cnc(Nc3ccc4nc(C)oc4c3)nc2n1-c1cccc(OC2CCN(C)CC2)n1. The summed E-state index contributed by atoms with van der Waals surface area (Å²) in [4.78, 5) is 33.7. The molecule has 1 N–H and O–H groups in total. The van der Waals surface area contributed by atoms with Crippen LogP contribution in [0.2, 0.25) is 0 Å². The quantitative estimate of drug-likeness (QED) is 0.325. The fourth-order valence-corrected chi connectivity index (χ4v) is 4.72. The summed E-state index contributed by atoms with van der Waals surface area (Å²) in [6.07, 6.45) is 5.18. The van der Waals surface area contributed by atoms with E-state index in [2.05, 4.69) is 33.8 Å². The van der Waals surface area contributed by atoms with Gasteiger partial charge in [0.15, 0.2) is 22.9 Å². The average molecular weight is 513 g/mol. The van der Waals surface area contributed by atoms with E-state index in [-0.39, 0.29) is 18.2 Å². The van der Waals surface area contributed by atoms with Crippen LogP contribution >= 0.6 is 0 Å². The minimum atomic E-state index is -0.228. The maximum atomic E-state index is 13.3. The van der Waals surface area contributed by atoms with Crippen molar-refractivity contribution < 1.29 is 9.15 Å². The predicted octanol–water partition coefficient (Wildman–Crippen LogP) is 3.83. The van der Waals surface area contributed by atoms with Crippen LogP contribution in [0.15, 0.2) is 64.5 Å². The third kappa shape index (κ3) is 4.52. The van der Waals surface area contributed by atoms with Gasteiger partial charge in [-0.05, 0) is 38.1 Å². The highest BCUT2D eigenvalue weighted by molar-refractivity contribution is 5.80. The van der Waals surface area contributed by atoms with E-state index in [0.717, 1.165) is 37.1 Å². The van der Waals surface area contributed by atoms with Gasteiger partial charge in [0.1, 0.15) is 17.0 Å². The summed E-state index contributed by atoms with van der Waals surface area (Å²) in [5.74, 6) is 1.96. The number of hydrogen-bond donors (Lipinski definition) is 1. The summed E-state index contributed by atoms with van der Waals surface area (Å²) < 4.78 is 15.1. The van der Waals surface area contributed by atoms with Crippen LogP contribution in [0.1, 0.15) is 18.7 Å². The average Bonchev–Trinajstić information content (AvgIpc) is 3.41. The first-order valence-electron chi connectivity index (χ1n) is 12.5. The number of piperidine rings is 1. The van der Waals surface area contributed by atoms with Crippen LogP contribution in [0.25, 0.3) is 28.0 Å². The van der Waals surface area contributed by atoms with Crippen molar-refractivity contribution in [1.82, 2.24) is 34.2 Å². The number of allylic oxidation sites excluding steroid dienone is 1. The fourth-order valence-electron chi connectivity index (χ4n) is 4.72. The molecule has 0 aliphatic carbocycles. The molecule has 1 aliphatic rings. The number of rotatable bonds is 7. The Morgan fingerprint density at radius 2 is 2.03 bits per heavy atom. The van der Waals surface area contributed by atoms with Crippen LogP contribution in [0, 0.1) is 6.92 Å². The molecule has 5 aromatic rings. The van der Waals surface area contributed by atoms with Gasteiger partial charge in [-0.2, -0.15) is 9.97 Å². The van der Waals surface area contributed by atoms with Crippen LogP contribution in [-0.2, 0) is 6.54 Å². The largest absolute Gasteiger partial charge is 0.474 e. The first-order chi connectivity index (χ1) is 18.5. The Balaban J connectivity index is 1.38. The smallest absolute Gasteiger partial charge is 0.278 e. The predicted molar refractivity (Wildman–Crippen MR) is 144 cm³/mol. The molecule has 11 heteroatoms. The summed E-state index contributed by atoms with van der Waals surface area (Å²) in [6, 6.07) is 11.1. The van der Waals surface area contributed by atoms with Gasteiger partial charge in [0.2, 0.25) is 11.8 Å². The number of pyridine rings is 1. The molecule has 4 aromatic heterocycles. The molecule has 1 aliphatic heterocycles. The lowest BCUT2D eigenvalue weighted by Gasteiger charge is -2.29. The fraction of sp³-hybridized carbons (Fsp3) is 0.296. The van der Waals surface area contributed by atoms with Crippen LogP contribution in [0.3, 0.4) is 0 Å². The molecule has 0 bridgehead atoms. The van der Waals surface area contributed by atoms with E-state index in [4.69, 9.17) is 19.1 Å². The van der Waals surface area contributed by atoms with Crippen molar-refractivity contribution in [3.8, 4) is 11.7 Å². The zero-order valence-corrected chi connectivity index (χ0v) is 21.3. The van der Waals surface area contributed by atoms with E-state index >= 15 is 0 Å². The van der Waals surface area contributed by atoms with Gasteiger partial charge in [-0.15, -0.1) is 6.58 Å². The number of likely N-dealkylation sites (tertiary alicyclic amines) is 1. The van der Waals surface area contributed by atoms with Crippen LogP contribution in [0.5, 0.6) is 5.88 Å². The number of oxazole rings is 1. The molecule has 1 saturated heterocycles. The Morgan fingerprint density at radius 1 is 1.18 bits per heavy atom. The number of benzene rings is 1. The zero-order chi connectivity index (χ0) is 26.2. The Morgan fingerprint density at radius 3 is 2.84 bits per heavy atom. The van der Waals surface area contributed by atoms with Gasteiger partial charge in [-0.3, -0.25) is 4.79 Å². The number of fused-ring (bicyclic) bond motifs is 2. The van der Waals surface area contributed by atoms with Gasteiger partial charge < -0.3 is 19.4 Å².